The van der Waals surface area contributed by atoms with Crippen molar-refractivity contribution in [3.63, 3.8) is 0 Å². The van der Waals surface area contributed by atoms with Crippen molar-refractivity contribution in [1.82, 2.24) is 0 Å². The van der Waals surface area contributed by atoms with Gasteiger partial charge in [0.15, 0.2) is 0 Å². The van der Waals surface area contributed by atoms with Crippen LogP contribution < -0.4 is 0 Å². The first-order chi connectivity index (χ1) is 8.60. The van der Waals surface area contributed by atoms with Gasteiger partial charge in [0.2, 0.25) is 0 Å². The predicted molar refractivity (Wildman–Crippen MR) is 72.0 cm³/mol. The van der Waals surface area contributed by atoms with Crippen LogP contribution in [0.4, 0.5) is 4.39 Å². The molecule has 0 saturated heterocycles. The van der Waals surface area contributed by atoms with Gasteiger partial charge in [0.25, 0.3) is 0 Å². The Morgan fingerprint density at radius 3 is 2.78 bits per heavy atom. The molecule has 0 aromatic heterocycles. The SMILES string of the molecule is CCC1CCC(C(O)Cc2ccc(F)cc2C)C1. The Labute approximate surface area is 109 Å². The third-order valence-electron chi connectivity index (χ3n) is 4.44. The first-order valence-electron chi connectivity index (χ1n) is 7.03. The van der Waals surface area contributed by atoms with E-state index in [2.05, 4.69) is 6.92 Å². The molecule has 3 atom stereocenters. The summed E-state index contributed by atoms with van der Waals surface area (Å²) in [4.78, 5) is 0. The van der Waals surface area contributed by atoms with Gasteiger partial charge in [0.1, 0.15) is 5.82 Å². The molecule has 0 heterocycles. The van der Waals surface area contributed by atoms with Crippen LogP contribution in [0.1, 0.15) is 43.7 Å². The fourth-order valence-corrected chi connectivity index (χ4v) is 3.11. The molecule has 0 radical (unpaired) electrons. The zero-order valence-electron chi connectivity index (χ0n) is 11.3. The summed E-state index contributed by atoms with van der Waals surface area (Å²) in [5.41, 5.74) is 2.02. The van der Waals surface area contributed by atoms with E-state index in [0.29, 0.717) is 12.3 Å². The van der Waals surface area contributed by atoms with Crippen LogP contribution in [0.5, 0.6) is 0 Å². The van der Waals surface area contributed by atoms with E-state index < -0.39 is 0 Å². The van der Waals surface area contributed by atoms with Crippen LogP contribution in [0.25, 0.3) is 0 Å². The summed E-state index contributed by atoms with van der Waals surface area (Å²) >= 11 is 0. The quantitative estimate of drug-likeness (QED) is 0.860. The molecule has 1 aromatic carbocycles. The molecular weight excluding hydrogens is 227 g/mol. The number of aliphatic hydroxyl groups is 1. The molecule has 1 fully saturated rings. The Morgan fingerprint density at radius 2 is 2.17 bits per heavy atom. The molecule has 0 amide bonds. The molecule has 1 aliphatic rings. The molecular formula is C16H23FO. The molecule has 1 saturated carbocycles. The van der Waals surface area contributed by atoms with E-state index in [1.807, 2.05) is 6.92 Å². The van der Waals surface area contributed by atoms with Crippen molar-refractivity contribution in [2.75, 3.05) is 0 Å². The second kappa shape index (κ2) is 5.83. The van der Waals surface area contributed by atoms with Crippen LogP contribution >= 0.6 is 0 Å². The summed E-state index contributed by atoms with van der Waals surface area (Å²) in [5, 5.41) is 10.3. The summed E-state index contributed by atoms with van der Waals surface area (Å²) in [7, 11) is 0. The molecule has 0 spiro atoms. The van der Waals surface area contributed by atoms with Gasteiger partial charge in [-0.05, 0) is 61.3 Å². The van der Waals surface area contributed by atoms with Gasteiger partial charge in [-0.25, -0.2) is 4.39 Å². The fourth-order valence-electron chi connectivity index (χ4n) is 3.11. The molecule has 1 N–H and O–H groups in total. The smallest absolute Gasteiger partial charge is 0.123 e. The third-order valence-corrected chi connectivity index (χ3v) is 4.44. The van der Waals surface area contributed by atoms with Gasteiger partial charge in [-0.1, -0.05) is 25.8 Å². The maximum Gasteiger partial charge on any atom is 0.123 e. The van der Waals surface area contributed by atoms with Crippen LogP contribution in [0.3, 0.4) is 0 Å². The maximum absolute atomic E-state index is 13.0. The van der Waals surface area contributed by atoms with Crippen molar-refractivity contribution < 1.29 is 9.50 Å². The molecule has 18 heavy (non-hydrogen) atoms. The lowest BCUT2D eigenvalue weighted by Gasteiger charge is -2.19. The van der Waals surface area contributed by atoms with Crippen molar-refractivity contribution in [2.24, 2.45) is 11.8 Å². The molecule has 1 aliphatic carbocycles. The van der Waals surface area contributed by atoms with Gasteiger partial charge in [-0.15, -0.1) is 0 Å². The minimum absolute atomic E-state index is 0.197. The van der Waals surface area contributed by atoms with Crippen LogP contribution in [0.15, 0.2) is 18.2 Å². The Morgan fingerprint density at radius 1 is 1.39 bits per heavy atom. The summed E-state index contributed by atoms with van der Waals surface area (Å²) in [6.45, 7) is 4.14. The first-order valence-corrected chi connectivity index (χ1v) is 7.03. The number of hydrogen-bond acceptors (Lipinski definition) is 1. The highest BCUT2D eigenvalue weighted by molar-refractivity contribution is 5.27. The predicted octanol–water partition coefficient (Wildman–Crippen LogP) is 3.86. The van der Waals surface area contributed by atoms with Crippen molar-refractivity contribution in [1.29, 1.82) is 0 Å². The Bertz CT molecular complexity index is 402. The average molecular weight is 250 g/mol. The highest BCUT2D eigenvalue weighted by Gasteiger charge is 2.29. The number of aryl methyl sites for hydroxylation is 1. The van der Waals surface area contributed by atoms with Gasteiger partial charge in [0.05, 0.1) is 6.10 Å². The second-order valence-corrected chi connectivity index (χ2v) is 5.69. The molecule has 3 unspecified atom stereocenters. The van der Waals surface area contributed by atoms with E-state index in [4.69, 9.17) is 0 Å². The number of rotatable bonds is 4. The van der Waals surface area contributed by atoms with Crippen molar-refractivity contribution >= 4 is 0 Å². The standard InChI is InChI=1S/C16H23FO/c1-3-12-4-5-14(9-12)16(18)10-13-6-7-15(17)8-11(13)2/h6-8,12,14,16,18H,3-5,9-10H2,1-2H3. The lowest BCUT2D eigenvalue weighted by molar-refractivity contribution is 0.108. The molecule has 1 aromatic rings. The second-order valence-electron chi connectivity index (χ2n) is 5.69. The largest absolute Gasteiger partial charge is 0.392 e. The fraction of sp³-hybridized carbons (Fsp3) is 0.625. The monoisotopic (exact) mass is 250 g/mol. The molecule has 0 bridgehead atoms. The highest BCUT2D eigenvalue weighted by atomic mass is 19.1. The van der Waals surface area contributed by atoms with Gasteiger partial charge in [-0.2, -0.15) is 0 Å². The van der Waals surface area contributed by atoms with Crippen LogP contribution in [-0.2, 0) is 6.42 Å². The van der Waals surface area contributed by atoms with Gasteiger partial charge < -0.3 is 5.11 Å². The average Bonchev–Trinajstić information content (AvgIpc) is 2.81. The Hall–Kier alpha value is -0.890. The zero-order chi connectivity index (χ0) is 13.1. The van der Waals surface area contributed by atoms with Crippen molar-refractivity contribution in [2.45, 2.75) is 52.1 Å². The minimum Gasteiger partial charge on any atom is -0.392 e. The number of benzene rings is 1. The van der Waals surface area contributed by atoms with E-state index in [1.165, 1.54) is 18.9 Å². The van der Waals surface area contributed by atoms with E-state index in [-0.39, 0.29) is 11.9 Å². The van der Waals surface area contributed by atoms with Crippen LogP contribution in [0, 0.1) is 24.6 Å². The molecule has 0 aliphatic heterocycles. The van der Waals surface area contributed by atoms with Gasteiger partial charge in [0, 0.05) is 0 Å². The number of halogens is 1. The van der Waals surface area contributed by atoms with E-state index in [0.717, 1.165) is 29.9 Å². The van der Waals surface area contributed by atoms with Gasteiger partial charge in [-0.3, -0.25) is 0 Å². The topological polar surface area (TPSA) is 20.2 Å². The third kappa shape index (κ3) is 3.11. The maximum atomic E-state index is 13.0. The van der Waals surface area contributed by atoms with Gasteiger partial charge >= 0.3 is 0 Å². The van der Waals surface area contributed by atoms with Crippen LogP contribution in [0.2, 0.25) is 0 Å². The highest BCUT2D eigenvalue weighted by Crippen LogP contribution is 2.35. The molecule has 100 valence electrons. The number of aliphatic hydroxyl groups excluding tert-OH is 1. The normalized spacial score (nSPS) is 25.3. The summed E-state index contributed by atoms with van der Waals surface area (Å²) in [6, 6.07) is 4.84. The lowest BCUT2D eigenvalue weighted by Crippen LogP contribution is -2.21. The van der Waals surface area contributed by atoms with E-state index in [9.17, 15) is 9.50 Å². The van der Waals surface area contributed by atoms with Crippen molar-refractivity contribution in [3.8, 4) is 0 Å². The molecule has 2 rings (SSSR count). The molecule has 2 heteroatoms. The lowest BCUT2D eigenvalue weighted by atomic mass is 9.92. The van der Waals surface area contributed by atoms with Crippen molar-refractivity contribution in [3.05, 3.63) is 35.1 Å². The summed E-state index contributed by atoms with van der Waals surface area (Å²) < 4.78 is 13.0. The summed E-state index contributed by atoms with van der Waals surface area (Å²) in [5.74, 6) is 1.02. The van der Waals surface area contributed by atoms with E-state index in [1.54, 1.807) is 12.1 Å². The molecule has 1 nitrogen and oxygen atoms in total. The Balaban J connectivity index is 1.97. The zero-order valence-corrected chi connectivity index (χ0v) is 11.3. The summed E-state index contributed by atoms with van der Waals surface area (Å²) in [6.07, 6.45) is 5.15. The number of hydrogen-bond donors (Lipinski definition) is 1. The van der Waals surface area contributed by atoms with E-state index >= 15 is 0 Å². The van der Waals surface area contributed by atoms with Crippen LogP contribution in [-0.4, -0.2) is 11.2 Å². The first kappa shape index (κ1) is 13.5. The minimum atomic E-state index is -0.272. The Kier molecular flexibility index (Phi) is 4.39.